The third-order valence-corrected chi connectivity index (χ3v) is 3.40. The summed E-state index contributed by atoms with van der Waals surface area (Å²) in [4.78, 5) is 0. The second kappa shape index (κ2) is 6.64. The van der Waals surface area contributed by atoms with Crippen molar-refractivity contribution in [3.63, 3.8) is 0 Å². The summed E-state index contributed by atoms with van der Waals surface area (Å²) in [6, 6.07) is 6.18. The van der Waals surface area contributed by atoms with Crippen LogP contribution in [0.2, 0.25) is 0 Å². The highest BCUT2D eigenvalue weighted by Crippen LogP contribution is 2.32. The van der Waals surface area contributed by atoms with Gasteiger partial charge in [0.05, 0.1) is 13.2 Å². The Kier molecular flexibility index (Phi) is 4.88. The Morgan fingerprint density at radius 2 is 2.00 bits per heavy atom. The van der Waals surface area contributed by atoms with Gasteiger partial charge in [0.15, 0.2) is 11.5 Å². The van der Waals surface area contributed by atoms with E-state index in [-0.39, 0.29) is 0 Å². The fraction of sp³-hybridized carbons (Fsp3) is 0.600. The number of hydrogen-bond donors (Lipinski definition) is 1. The minimum absolute atomic E-state index is 0.369. The fourth-order valence-corrected chi connectivity index (χ4v) is 2.38. The van der Waals surface area contributed by atoms with E-state index >= 15 is 0 Å². The number of nitrogens with one attached hydrogen (secondary N) is 1. The first kappa shape index (κ1) is 13.2. The van der Waals surface area contributed by atoms with E-state index in [4.69, 9.17) is 9.47 Å². The molecule has 0 radical (unpaired) electrons. The van der Waals surface area contributed by atoms with Crippen molar-refractivity contribution in [1.29, 1.82) is 0 Å². The zero-order chi connectivity index (χ0) is 12.8. The van der Waals surface area contributed by atoms with Crippen LogP contribution in [-0.4, -0.2) is 19.8 Å². The van der Waals surface area contributed by atoms with Crippen LogP contribution in [-0.2, 0) is 6.54 Å². The monoisotopic (exact) mass is 249 g/mol. The molecule has 1 aromatic rings. The molecule has 0 atom stereocenters. The van der Waals surface area contributed by atoms with Crippen LogP contribution >= 0.6 is 0 Å². The average molecular weight is 249 g/mol. The molecule has 0 unspecified atom stereocenters. The van der Waals surface area contributed by atoms with Gasteiger partial charge in [0.2, 0.25) is 0 Å². The van der Waals surface area contributed by atoms with Crippen molar-refractivity contribution in [3.05, 3.63) is 23.8 Å². The molecule has 1 saturated carbocycles. The van der Waals surface area contributed by atoms with E-state index < -0.39 is 0 Å². The molecular weight excluding hydrogens is 226 g/mol. The predicted octanol–water partition coefficient (Wildman–Crippen LogP) is 3.13. The van der Waals surface area contributed by atoms with Crippen LogP contribution < -0.4 is 14.8 Å². The molecule has 0 bridgehead atoms. The highest BCUT2D eigenvalue weighted by molar-refractivity contribution is 5.43. The second-order valence-corrected chi connectivity index (χ2v) is 4.79. The summed E-state index contributed by atoms with van der Waals surface area (Å²) in [5.41, 5.74) is 1.24. The smallest absolute Gasteiger partial charge is 0.161 e. The molecule has 1 fully saturated rings. The maximum absolute atomic E-state index is 6.07. The Hall–Kier alpha value is -1.22. The topological polar surface area (TPSA) is 30.5 Å². The molecule has 1 aliphatic rings. The van der Waals surface area contributed by atoms with Gasteiger partial charge in [-0.3, -0.25) is 0 Å². The lowest BCUT2D eigenvalue weighted by Gasteiger charge is -2.17. The quantitative estimate of drug-likeness (QED) is 0.840. The molecule has 0 aliphatic heterocycles. The third kappa shape index (κ3) is 3.39. The van der Waals surface area contributed by atoms with Gasteiger partial charge in [0, 0.05) is 6.54 Å². The van der Waals surface area contributed by atoms with Crippen molar-refractivity contribution in [2.24, 2.45) is 0 Å². The van der Waals surface area contributed by atoms with E-state index in [1.165, 1.54) is 31.2 Å². The lowest BCUT2D eigenvalue weighted by Crippen LogP contribution is -2.14. The van der Waals surface area contributed by atoms with Crippen molar-refractivity contribution in [1.82, 2.24) is 5.32 Å². The average Bonchev–Trinajstić information content (AvgIpc) is 2.89. The van der Waals surface area contributed by atoms with Gasteiger partial charge in [-0.1, -0.05) is 13.0 Å². The van der Waals surface area contributed by atoms with Crippen LogP contribution in [0, 0.1) is 0 Å². The van der Waals surface area contributed by atoms with Crippen molar-refractivity contribution < 1.29 is 9.47 Å². The van der Waals surface area contributed by atoms with Gasteiger partial charge < -0.3 is 14.8 Å². The van der Waals surface area contributed by atoms with Crippen molar-refractivity contribution in [3.8, 4) is 11.5 Å². The molecule has 1 aliphatic carbocycles. The zero-order valence-electron chi connectivity index (χ0n) is 11.4. The summed E-state index contributed by atoms with van der Waals surface area (Å²) in [6.07, 6.45) is 5.27. The van der Waals surface area contributed by atoms with E-state index in [0.29, 0.717) is 6.10 Å². The molecule has 0 aromatic heterocycles. The first-order valence-electron chi connectivity index (χ1n) is 6.87. The second-order valence-electron chi connectivity index (χ2n) is 4.79. The van der Waals surface area contributed by atoms with Crippen molar-refractivity contribution >= 4 is 0 Å². The molecular formula is C15H23NO2. The van der Waals surface area contributed by atoms with Crippen molar-refractivity contribution in [2.75, 3.05) is 13.7 Å². The molecule has 0 spiro atoms. The zero-order valence-corrected chi connectivity index (χ0v) is 11.4. The highest BCUT2D eigenvalue weighted by atomic mass is 16.5. The van der Waals surface area contributed by atoms with Gasteiger partial charge in [-0.05, 0) is 49.9 Å². The summed E-state index contributed by atoms with van der Waals surface area (Å²) >= 11 is 0. The first-order valence-corrected chi connectivity index (χ1v) is 6.87. The highest BCUT2D eigenvalue weighted by Gasteiger charge is 2.18. The molecule has 100 valence electrons. The fourth-order valence-electron chi connectivity index (χ4n) is 2.38. The Bertz CT molecular complexity index is 373. The number of methoxy groups -OCH3 is 1. The van der Waals surface area contributed by atoms with E-state index in [1.54, 1.807) is 7.11 Å². The first-order chi connectivity index (χ1) is 8.83. The summed E-state index contributed by atoms with van der Waals surface area (Å²) in [6.45, 7) is 3.96. The SMILES string of the molecule is CCNCc1ccc(OC)c(OC2CCCC2)c1. The van der Waals surface area contributed by atoms with Gasteiger partial charge in [-0.2, -0.15) is 0 Å². The van der Waals surface area contributed by atoms with Crippen LogP contribution in [0.1, 0.15) is 38.2 Å². The minimum atomic E-state index is 0.369. The maximum Gasteiger partial charge on any atom is 0.161 e. The van der Waals surface area contributed by atoms with E-state index in [9.17, 15) is 0 Å². The molecule has 3 nitrogen and oxygen atoms in total. The number of rotatable bonds is 6. The van der Waals surface area contributed by atoms with Gasteiger partial charge in [0.1, 0.15) is 0 Å². The lowest BCUT2D eigenvalue weighted by atomic mass is 10.2. The van der Waals surface area contributed by atoms with Crippen LogP contribution in [0.4, 0.5) is 0 Å². The van der Waals surface area contributed by atoms with Crippen LogP contribution in [0.15, 0.2) is 18.2 Å². The normalized spacial score (nSPS) is 15.9. The summed E-state index contributed by atoms with van der Waals surface area (Å²) < 4.78 is 11.4. The predicted molar refractivity (Wildman–Crippen MR) is 73.3 cm³/mol. The molecule has 18 heavy (non-hydrogen) atoms. The van der Waals surface area contributed by atoms with Crippen molar-refractivity contribution in [2.45, 2.75) is 45.3 Å². The molecule has 0 saturated heterocycles. The Morgan fingerprint density at radius 1 is 1.22 bits per heavy atom. The van der Waals surface area contributed by atoms with Gasteiger partial charge in [0.25, 0.3) is 0 Å². The minimum Gasteiger partial charge on any atom is -0.493 e. The largest absolute Gasteiger partial charge is 0.493 e. The Morgan fingerprint density at radius 3 is 2.67 bits per heavy atom. The Labute approximate surface area is 109 Å². The Balaban J connectivity index is 2.08. The lowest BCUT2D eigenvalue weighted by molar-refractivity contribution is 0.200. The maximum atomic E-state index is 6.07. The van der Waals surface area contributed by atoms with Crippen LogP contribution in [0.5, 0.6) is 11.5 Å². The number of hydrogen-bond acceptors (Lipinski definition) is 3. The third-order valence-electron chi connectivity index (χ3n) is 3.40. The van der Waals surface area contributed by atoms with E-state index in [1.807, 2.05) is 6.07 Å². The van der Waals surface area contributed by atoms with E-state index in [2.05, 4.69) is 24.4 Å². The van der Waals surface area contributed by atoms with Crippen LogP contribution in [0.3, 0.4) is 0 Å². The molecule has 1 aromatic carbocycles. The molecule has 0 amide bonds. The summed E-state index contributed by atoms with van der Waals surface area (Å²) in [7, 11) is 1.70. The number of benzene rings is 1. The van der Waals surface area contributed by atoms with Gasteiger partial charge >= 0.3 is 0 Å². The standard InChI is InChI=1S/C15H23NO2/c1-3-16-11-12-8-9-14(17-2)15(10-12)18-13-6-4-5-7-13/h8-10,13,16H,3-7,11H2,1-2H3. The summed E-state index contributed by atoms with van der Waals surface area (Å²) in [5.74, 6) is 1.72. The molecule has 2 rings (SSSR count). The van der Waals surface area contributed by atoms with Crippen LogP contribution in [0.25, 0.3) is 0 Å². The van der Waals surface area contributed by atoms with Gasteiger partial charge in [-0.15, -0.1) is 0 Å². The van der Waals surface area contributed by atoms with Gasteiger partial charge in [-0.25, -0.2) is 0 Å². The molecule has 1 N–H and O–H groups in total. The van der Waals surface area contributed by atoms with E-state index in [0.717, 1.165) is 24.6 Å². The summed E-state index contributed by atoms with van der Waals surface area (Å²) in [5, 5.41) is 3.33. The molecule has 0 heterocycles. The number of ether oxygens (including phenoxy) is 2. The molecule has 3 heteroatoms.